The van der Waals surface area contributed by atoms with Crippen LogP contribution in [0.4, 0.5) is 0 Å². The molecule has 0 N–H and O–H groups in total. The van der Waals surface area contributed by atoms with E-state index in [9.17, 15) is 0 Å². The molecule has 0 fully saturated rings. The second kappa shape index (κ2) is 7.30. The molecule has 0 atom stereocenters. The van der Waals surface area contributed by atoms with Crippen LogP contribution >= 0.6 is 50.5 Å². The molecule has 0 bridgehead atoms. The number of hydrogen-bond acceptors (Lipinski definition) is 5. The van der Waals surface area contributed by atoms with Gasteiger partial charge in [-0.25, -0.2) is 0 Å². The number of thiol groups is 4. The molecule has 4 rings (SSSR count). The highest BCUT2D eigenvalue weighted by atomic mass is 32.2. The van der Waals surface area contributed by atoms with Crippen LogP contribution in [-0.2, 0) is 13.3 Å². The lowest BCUT2D eigenvalue weighted by molar-refractivity contribution is 0.0502. The maximum atomic E-state index is 6.15. The molecule has 0 aromatic heterocycles. The minimum Gasteiger partial charge on any atom is -0.321 e. The molecule has 0 amide bonds. The highest BCUT2D eigenvalue weighted by Crippen LogP contribution is 2.46. The minimum absolute atomic E-state index is 0.820. The van der Waals surface area contributed by atoms with Crippen molar-refractivity contribution in [3.05, 3.63) is 96.1 Å². The Morgan fingerprint density at radius 3 is 1.26 bits per heavy atom. The Kier molecular flexibility index (Phi) is 5.16. The summed E-state index contributed by atoms with van der Waals surface area (Å²) in [4.78, 5) is 0. The normalized spacial score (nSPS) is 12.6. The van der Waals surface area contributed by atoms with E-state index in [2.05, 4.69) is 74.8 Å². The molecule has 0 heterocycles. The van der Waals surface area contributed by atoms with Gasteiger partial charge < -0.3 is 4.74 Å². The summed E-state index contributed by atoms with van der Waals surface area (Å²) in [6.07, 6.45) is 0. The average Bonchev–Trinajstić information content (AvgIpc) is 2.66. The zero-order valence-electron chi connectivity index (χ0n) is 14.3. The Hall–Kier alpha value is -1.24. The van der Waals surface area contributed by atoms with Crippen LogP contribution in [0, 0.1) is 0 Å². The molecule has 0 saturated heterocycles. The Morgan fingerprint density at radius 1 is 0.481 bits per heavy atom. The van der Waals surface area contributed by atoms with E-state index in [4.69, 9.17) is 4.74 Å². The summed E-state index contributed by atoms with van der Waals surface area (Å²) in [6, 6.07) is 28.3. The van der Waals surface area contributed by atoms with Crippen LogP contribution in [0.5, 0.6) is 0 Å². The van der Waals surface area contributed by atoms with Gasteiger partial charge in [-0.05, 0) is 33.7 Å². The Labute approximate surface area is 180 Å². The van der Waals surface area contributed by atoms with Crippen molar-refractivity contribution in [2.45, 2.75) is 8.53 Å². The predicted molar refractivity (Wildman–Crippen MR) is 128 cm³/mol. The largest absolute Gasteiger partial charge is 0.321 e. The first-order valence-corrected chi connectivity index (χ1v) is 10.2. The van der Waals surface area contributed by atoms with Crippen LogP contribution in [0.2, 0.25) is 0 Å². The van der Waals surface area contributed by atoms with Crippen LogP contribution in [-0.4, -0.2) is 0 Å². The zero-order chi connectivity index (χ0) is 19.1. The van der Waals surface area contributed by atoms with Gasteiger partial charge >= 0.3 is 0 Å². The fraction of sp³-hybridized carbons (Fsp3) is 0.0909. The van der Waals surface area contributed by atoms with Crippen LogP contribution in [0.25, 0.3) is 21.5 Å². The standard InChI is InChI=1S/C22H18OS4/c24-21(25,19-11-9-15-5-1-3-7-17(15)13-19)23-22(26,27)20-12-10-16-6-2-4-8-18(16)14-20/h1-14,24-27H. The van der Waals surface area contributed by atoms with Gasteiger partial charge in [-0.1, -0.05) is 72.8 Å². The van der Waals surface area contributed by atoms with Gasteiger partial charge in [0.2, 0.25) is 0 Å². The van der Waals surface area contributed by atoms with Crippen molar-refractivity contribution < 1.29 is 4.74 Å². The fourth-order valence-corrected chi connectivity index (χ4v) is 4.49. The number of fused-ring (bicyclic) bond motifs is 2. The highest BCUT2D eigenvalue weighted by molar-refractivity contribution is 8.00. The molecule has 0 aliphatic heterocycles. The number of hydrogen-bond donors (Lipinski definition) is 4. The van der Waals surface area contributed by atoms with Crippen molar-refractivity contribution in [1.29, 1.82) is 0 Å². The summed E-state index contributed by atoms with van der Waals surface area (Å²) < 4.78 is 3.82. The second-order valence-corrected chi connectivity index (χ2v) is 9.67. The first kappa shape index (κ1) is 19.1. The van der Waals surface area contributed by atoms with Crippen molar-refractivity contribution in [3.63, 3.8) is 0 Å². The molecule has 0 unspecified atom stereocenters. The molecule has 0 aliphatic rings. The first-order valence-electron chi connectivity index (χ1n) is 8.43. The molecule has 4 aromatic carbocycles. The van der Waals surface area contributed by atoms with Crippen LogP contribution < -0.4 is 0 Å². The molecule has 4 aromatic rings. The fourth-order valence-electron chi connectivity index (χ4n) is 3.10. The topological polar surface area (TPSA) is 9.23 Å². The van der Waals surface area contributed by atoms with E-state index in [1.807, 2.05) is 60.7 Å². The summed E-state index contributed by atoms with van der Waals surface area (Å²) in [6.45, 7) is 0. The van der Waals surface area contributed by atoms with Gasteiger partial charge in [-0.15, -0.1) is 50.5 Å². The Bertz CT molecular complexity index is 1030. The van der Waals surface area contributed by atoms with Gasteiger partial charge in [0, 0.05) is 11.1 Å². The predicted octanol–water partition coefficient (Wildman–Crippen LogP) is 6.65. The minimum atomic E-state index is -1.17. The van der Waals surface area contributed by atoms with E-state index >= 15 is 0 Å². The van der Waals surface area contributed by atoms with Gasteiger partial charge in [-0.2, -0.15) is 0 Å². The molecule has 1 nitrogen and oxygen atoms in total. The lowest BCUT2D eigenvalue weighted by atomic mass is 10.1. The highest BCUT2D eigenvalue weighted by Gasteiger charge is 2.36. The van der Waals surface area contributed by atoms with Crippen LogP contribution in [0.15, 0.2) is 84.9 Å². The molecule has 0 radical (unpaired) electrons. The van der Waals surface area contributed by atoms with E-state index < -0.39 is 8.53 Å². The van der Waals surface area contributed by atoms with Crippen molar-refractivity contribution in [2.24, 2.45) is 0 Å². The molecule has 0 saturated carbocycles. The molecular formula is C22H18OS4. The van der Waals surface area contributed by atoms with Crippen LogP contribution in [0.1, 0.15) is 11.1 Å². The molecule has 27 heavy (non-hydrogen) atoms. The third kappa shape index (κ3) is 3.98. The third-order valence-electron chi connectivity index (χ3n) is 4.54. The van der Waals surface area contributed by atoms with Gasteiger partial charge in [0.1, 0.15) is 0 Å². The van der Waals surface area contributed by atoms with Crippen molar-refractivity contribution >= 4 is 72.1 Å². The summed E-state index contributed by atoms with van der Waals surface area (Å²) in [5.41, 5.74) is 1.64. The monoisotopic (exact) mass is 426 g/mol. The van der Waals surface area contributed by atoms with E-state index in [-0.39, 0.29) is 0 Å². The van der Waals surface area contributed by atoms with Gasteiger partial charge in [0.25, 0.3) is 0 Å². The van der Waals surface area contributed by atoms with Crippen molar-refractivity contribution in [2.75, 3.05) is 0 Å². The maximum absolute atomic E-state index is 6.15. The molecular weight excluding hydrogens is 409 g/mol. The van der Waals surface area contributed by atoms with Crippen molar-refractivity contribution in [1.82, 2.24) is 0 Å². The average molecular weight is 427 g/mol. The third-order valence-corrected chi connectivity index (χ3v) is 5.93. The lowest BCUT2D eigenvalue weighted by Crippen LogP contribution is -2.26. The maximum Gasteiger partial charge on any atom is 0.184 e. The zero-order valence-corrected chi connectivity index (χ0v) is 17.9. The van der Waals surface area contributed by atoms with E-state index in [1.165, 1.54) is 0 Å². The number of rotatable bonds is 4. The quantitative estimate of drug-likeness (QED) is 0.211. The van der Waals surface area contributed by atoms with E-state index in [0.29, 0.717) is 0 Å². The molecule has 0 spiro atoms. The van der Waals surface area contributed by atoms with Gasteiger partial charge in [0.05, 0.1) is 0 Å². The van der Waals surface area contributed by atoms with E-state index in [1.54, 1.807) is 0 Å². The number of benzene rings is 4. The molecule has 0 aliphatic carbocycles. The summed E-state index contributed by atoms with van der Waals surface area (Å²) in [7, 11) is 0. The second-order valence-electron chi connectivity index (χ2n) is 6.44. The van der Waals surface area contributed by atoms with Gasteiger partial charge in [-0.3, -0.25) is 0 Å². The van der Waals surface area contributed by atoms with Gasteiger partial charge in [0.15, 0.2) is 8.53 Å². The summed E-state index contributed by atoms with van der Waals surface area (Å²) in [5.74, 6) is 0. The molecule has 136 valence electrons. The Morgan fingerprint density at radius 2 is 0.852 bits per heavy atom. The summed E-state index contributed by atoms with van der Waals surface area (Å²) in [5, 5.41) is 4.49. The van der Waals surface area contributed by atoms with Crippen LogP contribution in [0.3, 0.4) is 0 Å². The molecule has 5 heteroatoms. The SMILES string of the molecule is SC(S)(OC(S)(S)c1ccc2ccccc2c1)c1ccc2ccccc2c1. The Balaban J connectivity index is 1.68. The first-order chi connectivity index (χ1) is 12.9. The van der Waals surface area contributed by atoms with Crippen molar-refractivity contribution in [3.8, 4) is 0 Å². The lowest BCUT2D eigenvalue weighted by Gasteiger charge is -2.33. The summed E-state index contributed by atoms with van der Waals surface area (Å²) >= 11 is 18.7. The van der Waals surface area contributed by atoms with E-state index in [0.717, 1.165) is 32.7 Å². The smallest absolute Gasteiger partial charge is 0.184 e. The number of ether oxygens (including phenoxy) is 1.